The van der Waals surface area contributed by atoms with Crippen LogP contribution in [0.15, 0.2) is 22.8 Å². The minimum atomic E-state index is -1.08. The van der Waals surface area contributed by atoms with Crippen LogP contribution in [0.1, 0.15) is 6.23 Å². The van der Waals surface area contributed by atoms with Gasteiger partial charge >= 0.3 is 0 Å². The Labute approximate surface area is 127 Å². The van der Waals surface area contributed by atoms with Crippen molar-refractivity contribution in [3.8, 4) is 0 Å². The number of halogens is 1. The van der Waals surface area contributed by atoms with E-state index in [-0.39, 0.29) is 5.82 Å². The summed E-state index contributed by atoms with van der Waals surface area (Å²) in [4.78, 5) is 12.1. The Bertz CT molecular complexity index is 661. The Balaban J connectivity index is 2.02. The molecule has 0 aliphatic carbocycles. The molecule has 0 amide bonds. The molecule has 9 heteroatoms. The van der Waals surface area contributed by atoms with Gasteiger partial charge in [-0.05, 0) is 10.2 Å². The quantitative estimate of drug-likeness (QED) is 0.618. The fourth-order valence-electron chi connectivity index (χ4n) is 2.20. The number of anilines is 1. The second-order valence-electron chi connectivity index (χ2n) is 4.37. The highest BCUT2D eigenvalue weighted by molar-refractivity contribution is 14.1. The van der Waals surface area contributed by atoms with Crippen molar-refractivity contribution in [1.29, 1.82) is 0 Å². The molecule has 2 aromatic heterocycles. The van der Waals surface area contributed by atoms with Gasteiger partial charge in [-0.1, -0.05) is 22.6 Å². The van der Waals surface area contributed by atoms with Crippen molar-refractivity contribution in [2.24, 2.45) is 0 Å². The summed E-state index contributed by atoms with van der Waals surface area (Å²) in [6.45, 7) is 0. The van der Waals surface area contributed by atoms with Gasteiger partial charge < -0.3 is 20.7 Å². The number of aliphatic hydroxyl groups is 2. The molecule has 4 unspecified atom stereocenters. The van der Waals surface area contributed by atoms with Gasteiger partial charge in [0.05, 0.1) is 6.33 Å². The largest absolute Gasteiger partial charge is 0.387 e. The molecule has 3 rings (SSSR count). The predicted molar refractivity (Wildman–Crippen MR) is 78.8 cm³/mol. The van der Waals surface area contributed by atoms with Gasteiger partial charge in [-0.2, -0.15) is 0 Å². The van der Waals surface area contributed by atoms with Gasteiger partial charge in [0.15, 0.2) is 17.7 Å². The van der Waals surface area contributed by atoms with E-state index in [1.807, 2.05) is 22.6 Å². The maximum atomic E-state index is 10.1. The van der Waals surface area contributed by atoms with Crippen molar-refractivity contribution >= 4 is 39.6 Å². The van der Waals surface area contributed by atoms with E-state index in [0.29, 0.717) is 11.2 Å². The summed E-state index contributed by atoms with van der Waals surface area (Å²) in [5, 5.41) is 20.1. The maximum Gasteiger partial charge on any atom is 0.167 e. The summed E-state index contributed by atoms with van der Waals surface area (Å²) in [5.74, 6) is 0.255. The fraction of sp³-hybridized carbons (Fsp3) is 0.364. The lowest BCUT2D eigenvalue weighted by molar-refractivity contribution is -0.0244. The molecule has 1 aliphatic heterocycles. The second kappa shape index (κ2) is 5.24. The number of nitrogens with two attached hydrogens (primary N) is 1. The van der Waals surface area contributed by atoms with Crippen molar-refractivity contribution in [3.05, 3.63) is 22.8 Å². The maximum absolute atomic E-state index is 10.1. The molecule has 106 valence electrons. The minimum Gasteiger partial charge on any atom is -0.387 e. The van der Waals surface area contributed by atoms with E-state index in [4.69, 9.17) is 10.5 Å². The Kier molecular flexibility index (Phi) is 3.58. The summed E-state index contributed by atoms with van der Waals surface area (Å²) in [7, 11) is 0. The third-order valence-corrected chi connectivity index (χ3v) is 3.61. The molecule has 20 heavy (non-hydrogen) atoms. The van der Waals surface area contributed by atoms with Crippen LogP contribution in [0.2, 0.25) is 0 Å². The van der Waals surface area contributed by atoms with Gasteiger partial charge in [0.1, 0.15) is 30.2 Å². The van der Waals surface area contributed by atoms with Crippen LogP contribution in [0.3, 0.4) is 0 Å². The SMILES string of the molecule is Nc1ncnc2c1ncn2C1OC(/C=C\I)C(O)C1O. The van der Waals surface area contributed by atoms with Gasteiger partial charge in [-0.25, -0.2) is 15.0 Å². The molecule has 1 fully saturated rings. The molecule has 4 N–H and O–H groups in total. The number of rotatable bonds is 2. The second-order valence-corrected chi connectivity index (χ2v) is 5.09. The van der Waals surface area contributed by atoms with Gasteiger partial charge in [-0.3, -0.25) is 4.57 Å². The summed E-state index contributed by atoms with van der Waals surface area (Å²) in [5.41, 5.74) is 6.60. The average Bonchev–Trinajstić information content (AvgIpc) is 2.97. The predicted octanol–water partition coefficient (Wildman–Crippen LogP) is -0.0236. The van der Waals surface area contributed by atoms with E-state index in [1.165, 1.54) is 12.7 Å². The molecule has 3 heterocycles. The molecule has 0 aromatic carbocycles. The first-order chi connectivity index (χ1) is 9.63. The zero-order valence-electron chi connectivity index (χ0n) is 10.2. The van der Waals surface area contributed by atoms with E-state index in [9.17, 15) is 10.2 Å². The zero-order chi connectivity index (χ0) is 14.3. The minimum absolute atomic E-state index is 0.255. The Morgan fingerprint density at radius 3 is 2.85 bits per heavy atom. The highest BCUT2D eigenvalue weighted by Crippen LogP contribution is 2.32. The highest BCUT2D eigenvalue weighted by atomic mass is 127. The van der Waals surface area contributed by atoms with Crippen LogP contribution in [0.4, 0.5) is 5.82 Å². The smallest absolute Gasteiger partial charge is 0.167 e. The summed E-state index contributed by atoms with van der Waals surface area (Å²) in [6, 6.07) is 0. The number of imidazole rings is 1. The molecular formula is C11H12IN5O3. The molecule has 0 bridgehead atoms. The van der Waals surface area contributed by atoms with Crippen LogP contribution < -0.4 is 5.73 Å². The van der Waals surface area contributed by atoms with Gasteiger partial charge in [0.25, 0.3) is 0 Å². The van der Waals surface area contributed by atoms with E-state index < -0.39 is 24.5 Å². The number of hydrogen-bond acceptors (Lipinski definition) is 7. The number of fused-ring (bicyclic) bond motifs is 1. The zero-order valence-corrected chi connectivity index (χ0v) is 12.3. The highest BCUT2D eigenvalue weighted by Gasteiger charge is 2.43. The van der Waals surface area contributed by atoms with Crippen LogP contribution in [0, 0.1) is 0 Å². The van der Waals surface area contributed by atoms with E-state index in [0.717, 1.165) is 0 Å². The average molecular weight is 389 g/mol. The van der Waals surface area contributed by atoms with E-state index in [1.54, 1.807) is 14.7 Å². The monoisotopic (exact) mass is 389 g/mol. The van der Waals surface area contributed by atoms with Crippen molar-refractivity contribution in [3.63, 3.8) is 0 Å². The van der Waals surface area contributed by atoms with Crippen molar-refractivity contribution < 1.29 is 14.9 Å². The number of ether oxygens (including phenoxy) is 1. The molecule has 0 radical (unpaired) electrons. The first-order valence-electron chi connectivity index (χ1n) is 5.85. The molecule has 1 saturated heterocycles. The topological polar surface area (TPSA) is 119 Å². The Morgan fingerprint density at radius 2 is 2.10 bits per heavy atom. The molecular weight excluding hydrogens is 377 g/mol. The fourth-order valence-corrected chi connectivity index (χ4v) is 2.61. The summed E-state index contributed by atoms with van der Waals surface area (Å²) >= 11 is 2.02. The number of nitrogens with zero attached hydrogens (tertiary/aromatic N) is 4. The molecule has 1 aliphatic rings. The van der Waals surface area contributed by atoms with Gasteiger partial charge in [0.2, 0.25) is 0 Å². The first-order valence-corrected chi connectivity index (χ1v) is 7.09. The van der Waals surface area contributed by atoms with E-state index in [2.05, 4.69) is 15.0 Å². The molecule has 4 atom stereocenters. The van der Waals surface area contributed by atoms with Crippen LogP contribution in [0.5, 0.6) is 0 Å². The normalized spacial score (nSPS) is 30.6. The lowest BCUT2D eigenvalue weighted by Crippen LogP contribution is -2.30. The Morgan fingerprint density at radius 1 is 1.30 bits per heavy atom. The first kappa shape index (κ1) is 13.7. The third-order valence-electron chi connectivity index (χ3n) is 3.20. The van der Waals surface area contributed by atoms with Crippen LogP contribution >= 0.6 is 22.6 Å². The third kappa shape index (κ3) is 2.06. The Hall–Kier alpha value is -1.30. The van der Waals surface area contributed by atoms with Crippen molar-refractivity contribution in [2.45, 2.75) is 24.5 Å². The van der Waals surface area contributed by atoms with Gasteiger partial charge in [-0.15, -0.1) is 0 Å². The molecule has 8 nitrogen and oxygen atoms in total. The lowest BCUT2D eigenvalue weighted by atomic mass is 10.1. The number of aromatic nitrogens is 4. The number of hydrogen-bond donors (Lipinski definition) is 3. The number of nitrogen functional groups attached to an aromatic ring is 1. The number of aliphatic hydroxyl groups excluding tert-OH is 2. The van der Waals surface area contributed by atoms with Gasteiger partial charge in [0, 0.05) is 0 Å². The van der Waals surface area contributed by atoms with E-state index >= 15 is 0 Å². The lowest BCUT2D eigenvalue weighted by Gasteiger charge is -2.16. The molecule has 0 spiro atoms. The summed E-state index contributed by atoms with van der Waals surface area (Å²) < 4.78 is 8.92. The summed E-state index contributed by atoms with van der Waals surface area (Å²) in [6.07, 6.45) is 1.01. The van der Waals surface area contributed by atoms with Crippen molar-refractivity contribution in [1.82, 2.24) is 19.5 Å². The standard InChI is InChI=1S/C11H12IN5O3/c12-2-1-5-7(18)8(19)11(20-5)17-4-16-6-9(13)14-3-15-10(6)17/h1-5,7-8,11,18-19H,(H2,13,14,15)/b2-1-. The van der Waals surface area contributed by atoms with Crippen LogP contribution in [0.25, 0.3) is 11.2 Å². The van der Waals surface area contributed by atoms with Crippen molar-refractivity contribution in [2.75, 3.05) is 5.73 Å². The molecule has 0 saturated carbocycles. The van der Waals surface area contributed by atoms with Crippen LogP contribution in [-0.2, 0) is 4.74 Å². The molecule has 2 aromatic rings. The van der Waals surface area contributed by atoms with Crippen LogP contribution in [-0.4, -0.2) is 48.0 Å².